The van der Waals surface area contributed by atoms with Crippen LogP contribution < -0.4 is 69.6 Å². The molecule has 0 amide bonds. The first-order chi connectivity index (χ1) is 3.00. The van der Waals surface area contributed by atoms with E-state index in [0.29, 0.717) is 0 Å². The fourth-order valence-corrected chi connectivity index (χ4v) is 0. The van der Waals surface area contributed by atoms with Crippen molar-refractivity contribution in [3.05, 3.63) is 0 Å². The summed E-state index contributed by atoms with van der Waals surface area (Å²) in [5.74, 6) is 0. The van der Waals surface area contributed by atoms with Crippen molar-refractivity contribution in [2.75, 3.05) is 0 Å². The Morgan fingerprint density at radius 3 is 1.00 bits per heavy atom. The van der Waals surface area contributed by atoms with E-state index in [1.807, 2.05) is 0 Å². The fourth-order valence-electron chi connectivity index (χ4n) is 0. The summed E-state index contributed by atoms with van der Waals surface area (Å²) in [5.41, 5.74) is 0. The molecule has 0 aliphatic rings. The van der Waals surface area contributed by atoms with Gasteiger partial charge in [0.25, 0.3) is 0 Å². The maximum atomic E-state index is 7.00. The molecule has 6 heavy (non-hydrogen) atoms. The second-order valence-corrected chi connectivity index (χ2v) is 0. The van der Waals surface area contributed by atoms with Crippen LogP contribution in [0.2, 0.25) is 0 Å². The van der Waals surface area contributed by atoms with Gasteiger partial charge in [0.2, 0.25) is 0 Å². The molecule has 0 N–H and O–H groups in total. The summed E-state index contributed by atoms with van der Waals surface area (Å²) in [4.78, 5) is 0. The standard InChI is InChI=1S/2BrH.2Na.O2/c;;;;1-2/h2*1H;;;/q;;2*+1;-2/i/hD2. The molecule has 0 aromatic carbocycles. The largest absolute Gasteiger partial charge is 1.00 e. The molecule has 0 radical (unpaired) electrons. The van der Waals surface area contributed by atoms with E-state index in [4.69, 9.17) is 12.4 Å². The van der Waals surface area contributed by atoms with E-state index in [1.165, 1.54) is 0 Å². The van der Waals surface area contributed by atoms with Crippen LogP contribution >= 0.6 is 33.7 Å². The zero-order valence-electron chi connectivity index (χ0n) is 5.57. The Kier molecular flexibility index (Phi) is 120. The van der Waals surface area contributed by atoms with E-state index in [9.17, 15) is 0 Å². The molecule has 0 spiro atoms. The first-order valence-electron chi connectivity index (χ1n) is 0.923. The Labute approximate surface area is 104 Å². The summed E-state index contributed by atoms with van der Waals surface area (Å²) in [5, 5.41) is 14.0. The van der Waals surface area contributed by atoms with Gasteiger partial charge in [-0.15, -0.1) is 33.7 Å². The van der Waals surface area contributed by atoms with Crippen LogP contribution in [0.15, 0.2) is 0 Å². The van der Waals surface area contributed by atoms with Crippen LogP contribution in [0.1, 0.15) is 0 Å². The summed E-state index contributed by atoms with van der Waals surface area (Å²) in [7, 11) is 0. The van der Waals surface area contributed by atoms with Crippen molar-refractivity contribution in [3.63, 3.8) is 0 Å². The minimum atomic E-state index is 0. The second-order valence-electron chi connectivity index (χ2n) is 0. The number of hydrogen-bond donors (Lipinski definition) is 0. The topological polar surface area (TPSA) is 46.1 Å². The number of halogens is 2. The van der Waals surface area contributed by atoms with Crippen LogP contribution in [0, 0.1) is 0 Å². The molecular formula is H2Br2Na2O2. The average molecular weight is 242 g/mol. The van der Waals surface area contributed by atoms with Crippen LogP contribution in [0.5, 0.6) is 0 Å². The first kappa shape index (κ1) is 15.9. The molecule has 0 aromatic heterocycles. The van der Waals surface area contributed by atoms with Crippen molar-refractivity contribution in [1.29, 1.82) is 1.92 Å². The molecule has 0 saturated heterocycles. The van der Waals surface area contributed by atoms with Gasteiger partial charge in [-0.2, -0.15) is 0 Å². The summed E-state index contributed by atoms with van der Waals surface area (Å²) in [6, 6.07) is 0. The third-order valence-corrected chi connectivity index (χ3v) is 0. The predicted molar refractivity (Wildman–Crippen MR) is 20.6 cm³/mol. The number of rotatable bonds is 0. The Morgan fingerprint density at radius 2 is 1.00 bits per heavy atom. The molecule has 0 fully saturated rings. The molecule has 0 rings (SSSR count). The van der Waals surface area contributed by atoms with Crippen LogP contribution in [0.3, 0.4) is 0 Å². The van der Waals surface area contributed by atoms with Gasteiger partial charge in [0.15, 0.2) is 0 Å². The van der Waals surface area contributed by atoms with Gasteiger partial charge in [-0.3, -0.25) is 0 Å². The van der Waals surface area contributed by atoms with Gasteiger partial charge < -0.3 is 10.5 Å². The van der Waals surface area contributed by atoms with Gasteiger partial charge in [0.05, 0.1) is 0 Å². The smallest absolute Gasteiger partial charge is 1.00 e. The van der Waals surface area contributed by atoms with E-state index < -0.39 is 0 Å². The molecule has 0 aliphatic heterocycles. The zero-order chi connectivity index (χ0) is 6.00. The molecule has 2 nitrogen and oxygen atoms in total. The first-order valence-corrected chi connectivity index (χ1v) is 0.167. The minimum Gasteiger partial charge on any atom is -1.00 e. The van der Waals surface area contributed by atoms with Crippen molar-refractivity contribution in [1.82, 2.24) is 0 Å². The molecule has 0 aliphatic carbocycles. The van der Waals surface area contributed by atoms with Gasteiger partial charge >= 0.3 is 59.1 Å². The number of hydrogen-bond acceptors (Lipinski definition) is 2. The minimum absolute atomic E-state index is 0. The zero-order valence-corrected chi connectivity index (χ0v) is 10.7. The second kappa shape index (κ2) is 45.0. The molecule has 0 heterocycles. The van der Waals surface area contributed by atoms with E-state index in [2.05, 4.69) is 33.7 Å². The third-order valence-electron chi connectivity index (χ3n) is 0. The van der Waals surface area contributed by atoms with Crippen LogP contribution in [0.25, 0.3) is 0 Å². The quantitative estimate of drug-likeness (QED) is 0.240. The van der Waals surface area contributed by atoms with Crippen LogP contribution in [-0.4, -0.2) is 1.92 Å². The SMILES string of the molecule is [2H]Br.[2H]Br.[Na+].[Na+].[O-][O-]. The Bertz CT molecular complexity index is 16.0. The van der Waals surface area contributed by atoms with Gasteiger partial charge in [-0.05, 0) is 0 Å². The van der Waals surface area contributed by atoms with E-state index in [1.54, 1.807) is 0 Å². The molecular weight excluding hydrogens is 238 g/mol. The summed E-state index contributed by atoms with van der Waals surface area (Å²) in [6.45, 7) is 0. The molecule has 0 unspecified atom stereocenters. The maximum absolute atomic E-state index is 7.00. The maximum Gasteiger partial charge on any atom is 1.00 e. The van der Waals surface area contributed by atoms with E-state index >= 15 is 0 Å². The van der Waals surface area contributed by atoms with Crippen molar-refractivity contribution >= 4 is 33.7 Å². The molecule has 6 heteroatoms. The Morgan fingerprint density at radius 1 is 1.00 bits per heavy atom. The van der Waals surface area contributed by atoms with Crippen molar-refractivity contribution in [2.24, 2.45) is 0 Å². The Balaban J connectivity index is -0.00000000500. The summed E-state index contributed by atoms with van der Waals surface area (Å²) in [6.07, 6.45) is 0. The molecule has 0 atom stereocenters. The van der Waals surface area contributed by atoms with Crippen LogP contribution in [0.4, 0.5) is 0 Å². The summed E-state index contributed by atoms with van der Waals surface area (Å²) < 4.78 is 11.1. The normalized spacial score (nSPS) is 3.33. The van der Waals surface area contributed by atoms with Crippen molar-refractivity contribution in [2.45, 2.75) is 0 Å². The van der Waals surface area contributed by atoms with Gasteiger partial charge in [0.1, 0.15) is 1.92 Å². The Hall–Kier alpha value is 2.88. The third kappa shape index (κ3) is 28.7. The molecule has 0 aromatic rings. The van der Waals surface area contributed by atoms with E-state index in [0.717, 1.165) is 0 Å². The monoisotopic (exact) mass is 240 g/mol. The van der Waals surface area contributed by atoms with Gasteiger partial charge in [-0.1, -0.05) is 0 Å². The predicted octanol–water partition coefficient (Wildman–Crippen LogP) is -7.21. The summed E-state index contributed by atoms with van der Waals surface area (Å²) >= 11 is 4.38. The average Bonchev–Trinajstić information content (AvgIpc) is 1.81. The van der Waals surface area contributed by atoms with E-state index in [-0.39, 0.29) is 59.1 Å². The fraction of sp³-hybridized carbons (Fsp3) is 0. The van der Waals surface area contributed by atoms with Gasteiger partial charge in [0, 0.05) is 0 Å². The molecule has 30 valence electrons. The molecule has 0 bridgehead atoms. The van der Waals surface area contributed by atoms with Crippen molar-refractivity contribution < 1.29 is 69.6 Å². The van der Waals surface area contributed by atoms with Crippen LogP contribution in [-0.2, 0) is 0 Å². The van der Waals surface area contributed by atoms with Gasteiger partial charge in [-0.25, -0.2) is 0 Å². The van der Waals surface area contributed by atoms with Crippen molar-refractivity contribution in [3.8, 4) is 0 Å². The molecule has 0 saturated carbocycles.